The summed E-state index contributed by atoms with van der Waals surface area (Å²) in [6.07, 6.45) is -4.05. The molecule has 0 saturated carbocycles. The highest BCUT2D eigenvalue weighted by molar-refractivity contribution is 6.35. The number of ether oxygens (including phenoxy) is 1. The van der Waals surface area contributed by atoms with Crippen LogP contribution in [0.3, 0.4) is 0 Å². The van der Waals surface area contributed by atoms with Crippen molar-refractivity contribution in [1.82, 2.24) is 4.98 Å². The molecule has 13 heteroatoms. The largest absolute Gasteiger partial charge is 0.436 e. The zero-order valence-electron chi connectivity index (χ0n) is 15.4. The normalized spacial score (nSPS) is 11.2. The third kappa shape index (κ3) is 5.39. The predicted molar refractivity (Wildman–Crippen MR) is 112 cm³/mol. The van der Waals surface area contributed by atoms with Crippen LogP contribution >= 0.6 is 34.8 Å². The number of aromatic nitrogens is 1. The third-order valence-corrected chi connectivity index (χ3v) is 4.83. The highest BCUT2D eigenvalue weighted by atomic mass is 35.5. The number of pyridine rings is 1. The van der Waals surface area contributed by atoms with Gasteiger partial charge in [-0.25, -0.2) is 4.98 Å². The first kappa shape index (κ1) is 23.6. The van der Waals surface area contributed by atoms with Crippen molar-refractivity contribution in [3.63, 3.8) is 0 Å². The molecule has 7 nitrogen and oxygen atoms in total. The number of rotatable bonds is 5. The molecule has 3 rings (SSSR count). The van der Waals surface area contributed by atoms with E-state index in [1.807, 2.05) is 0 Å². The number of hydrogen-bond donors (Lipinski definition) is 1. The molecule has 0 fully saturated rings. The van der Waals surface area contributed by atoms with Crippen LogP contribution in [0.5, 0.6) is 11.6 Å². The van der Waals surface area contributed by atoms with Crippen LogP contribution in [0, 0.1) is 10.1 Å². The maximum Gasteiger partial charge on any atom is 0.417 e. The number of anilines is 1. The van der Waals surface area contributed by atoms with Gasteiger partial charge in [-0.05, 0) is 30.3 Å². The van der Waals surface area contributed by atoms with Crippen molar-refractivity contribution in [2.45, 2.75) is 6.18 Å². The van der Waals surface area contributed by atoms with Crippen molar-refractivity contribution in [1.29, 1.82) is 0 Å². The second kappa shape index (κ2) is 9.19. The van der Waals surface area contributed by atoms with Crippen molar-refractivity contribution >= 4 is 52.1 Å². The molecule has 0 aliphatic carbocycles. The van der Waals surface area contributed by atoms with E-state index < -0.39 is 22.6 Å². The number of non-ortho nitro benzene ring substituents is 1. The van der Waals surface area contributed by atoms with Crippen molar-refractivity contribution in [2.75, 3.05) is 5.32 Å². The minimum atomic E-state index is -4.62. The van der Waals surface area contributed by atoms with Gasteiger partial charge < -0.3 is 10.1 Å². The summed E-state index contributed by atoms with van der Waals surface area (Å²) in [5, 5.41) is 13.0. The number of hydrogen-bond acceptors (Lipinski definition) is 5. The average Bonchev–Trinajstić information content (AvgIpc) is 2.70. The minimum absolute atomic E-state index is 0.00201. The van der Waals surface area contributed by atoms with Gasteiger partial charge in [-0.1, -0.05) is 34.8 Å². The summed E-state index contributed by atoms with van der Waals surface area (Å²) >= 11 is 17.9. The Labute approximate surface area is 192 Å². The number of nitro benzene ring substituents is 1. The molecule has 32 heavy (non-hydrogen) atoms. The fraction of sp³-hybridized carbons (Fsp3) is 0.0526. The molecular weight excluding hydrogens is 498 g/mol. The van der Waals surface area contributed by atoms with Crippen LogP contribution < -0.4 is 10.1 Å². The first-order valence-corrected chi connectivity index (χ1v) is 9.54. The standard InChI is InChI=1S/C19H9Cl3F3N3O4/c20-13-3-2-11(28(30)31)7-12(13)17(29)27-10-1-4-16(14(21)6-10)32-18-15(22)5-9(8-26-18)19(23,24)25/h1-8H,(H,27,29). The first-order chi connectivity index (χ1) is 15.0. The van der Waals surface area contributed by atoms with Gasteiger partial charge in [0.25, 0.3) is 11.6 Å². The molecule has 0 aliphatic heterocycles. The number of alkyl halides is 3. The molecular formula is C19H9Cl3F3N3O4. The fourth-order valence-electron chi connectivity index (χ4n) is 2.42. The summed E-state index contributed by atoms with van der Waals surface area (Å²) in [7, 11) is 0. The molecule has 3 aromatic rings. The zero-order chi connectivity index (χ0) is 23.6. The number of nitrogens with one attached hydrogen (secondary N) is 1. The van der Waals surface area contributed by atoms with E-state index in [4.69, 9.17) is 39.5 Å². The second-order valence-electron chi connectivity index (χ2n) is 6.13. The smallest absolute Gasteiger partial charge is 0.417 e. The van der Waals surface area contributed by atoms with Crippen LogP contribution in [0.15, 0.2) is 48.7 Å². The molecule has 1 heterocycles. The van der Waals surface area contributed by atoms with E-state index in [-0.39, 0.29) is 43.6 Å². The topological polar surface area (TPSA) is 94.4 Å². The lowest BCUT2D eigenvalue weighted by atomic mass is 10.2. The molecule has 0 atom stereocenters. The quantitative estimate of drug-likeness (QED) is 0.297. The Morgan fingerprint density at radius 2 is 1.75 bits per heavy atom. The Bertz CT molecular complexity index is 1220. The summed E-state index contributed by atoms with van der Waals surface area (Å²) in [5.41, 5.74) is -1.29. The monoisotopic (exact) mass is 505 g/mol. The molecule has 0 saturated heterocycles. The molecule has 166 valence electrons. The van der Waals surface area contributed by atoms with Gasteiger partial charge >= 0.3 is 6.18 Å². The fourth-order valence-corrected chi connectivity index (χ4v) is 3.05. The summed E-state index contributed by atoms with van der Waals surface area (Å²) in [5.74, 6) is -1.02. The van der Waals surface area contributed by atoms with Gasteiger partial charge in [-0.3, -0.25) is 14.9 Å². The SMILES string of the molecule is O=C(Nc1ccc(Oc2ncc(C(F)(F)F)cc2Cl)c(Cl)c1)c1cc([N+](=O)[O-])ccc1Cl. The predicted octanol–water partition coefficient (Wildman–Crippen LogP) is 7.01. The van der Waals surface area contributed by atoms with Crippen molar-refractivity contribution in [2.24, 2.45) is 0 Å². The van der Waals surface area contributed by atoms with Crippen molar-refractivity contribution in [3.8, 4) is 11.6 Å². The van der Waals surface area contributed by atoms with E-state index in [1.165, 1.54) is 24.3 Å². The van der Waals surface area contributed by atoms with Gasteiger partial charge in [0.15, 0.2) is 0 Å². The minimum Gasteiger partial charge on any atom is -0.436 e. The van der Waals surface area contributed by atoms with E-state index in [9.17, 15) is 28.1 Å². The molecule has 0 radical (unpaired) electrons. The maximum absolute atomic E-state index is 12.7. The van der Waals surface area contributed by atoms with Crippen LogP contribution in [0.1, 0.15) is 15.9 Å². The number of amides is 1. The molecule has 1 aromatic heterocycles. The van der Waals surface area contributed by atoms with Gasteiger partial charge in [0.1, 0.15) is 10.8 Å². The van der Waals surface area contributed by atoms with Crippen LogP contribution in [-0.4, -0.2) is 15.8 Å². The van der Waals surface area contributed by atoms with E-state index in [2.05, 4.69) is 10.3 Å². The number of nitro groups is 1. The Morgan fingerprint density at radius 1 is 1.03 bits per heavy atom. The van der Waals surface area contributed by atoms with Gasteiger partial charge in [0, 0.05) is 24.0 Å². The Balaban J connectivity index is 1.78. The lowest BCUT2D eigenvalue weighted by molar-refractivity contribution is -0.384. The van der Waals surface area contributed by atoms with Crippen molar-refractivity contribution < 1.29 is 27.6 Å². The van der Waals surface area contributed by atoms with Gasteiger partial charge in [-0.2, -0.15) is 13.2 Å². The third-order valence-electron chi connectivity index (χ3n) is 3.94. The molecule has 0 bridgehead atoms. The number of halogens is 6. The Hall–Kier alpha value is -3.08. The Morgan fingerprint density at radius 3 is 2.34 bits per heavy atom. The molecule has 1 amide bonds. The van der Waals surface area contributed by atoms with Gasteiger partial charge in [-0.15, -0.1) is 0 Å². The highest BCUT2D eigenvalue weighted by Crippen LogP contribution is 2.37. The van der Waals surface area contributed by atoms with Gasteiger partial charge in [0.05, 0.1) is 26.1 Å². The summed E-state index contributed by atoms with van der Waals surface area (Å²) in [6.45, 7) is 0. The van der Waals surface area contributed by atoms with E-state index in [1.54, 1.807) is 0 Å². The molecule has 2 aromatic carbocycles. The van der Waals surface area contributed by atoms with Crippen LogP contribution in [-0.2, 0) is 6.18 Å². The summed E-state index contributed by atoms with van der Waals surface area (Å²) in [6, 6.07) is 8.05. The maximum atomic E-state index is 12.7. The number of nitrogens with zero attached hydrogens (tertiary/aromatic N) is 2. The molecule has 1 N–H and O–H groups in total. The van der Waals surface area contributed by atoms with Gasteiger partial charge in [0.2, 0.25) is 5.88 Å². The molecule has 0 aliphatic rings. The molecule has 0 unspecified atom stereocenters. The second-order valence-corrected chi connectivity index (χ2v) is 7.35. The lowest BCUT2D eigenvalue weighted by Gasteiger charge is -2.12. The van der Waals surface area contributed by atoms with E-state index >= 15 is 0 Å². The summed E-state index contributed by atoms with van der Waals surface area (Å²) < 4.78 is 43.5. The highest BCUT2D eigenvalue weighted by Gasteiger charge is 2.32. The summed E-state index contributed by atoms with van der Waals surface area (Å²) in [4.78, 5) is 26.2. The average molecular weight is 507 g/mol. The Kier molecular flexibility index (Phi) is 6.77. The van der Waals surface area contributed by atoms with E-state index in [0.29, 0.717) is 12.3 Å². The van der Waals surface area contributed by atoms with Crippen molar-refractivity contribution in [3.05, 3.63) is 85.0 Å². The van der Waals surface area contributed by atoms with E-state index in [0.717, 1.165) is 12.1 Å². The lowest BCUT2D eigenvalue weighted by Crippen LogP contribution is -2.13. The number of benzene rings is 2. The van der Waals surface area contributed by atoms with Crippen LogP contribution in [0.2, 0.25) is 15.1 Å². The van der Waals surface area contributed by atoms with Crippen LogP contribution in [0.4, 0.5) is 24.5 Å². The molecule has 0 spiro atoms. The first-order valence-electron chi connectivity index (χ1n) is 8.41. The zero-order valence-corrected chi connectivity index (χ0v) is 17.7. The van der Waals surface area contributed by atoms with Crippen LogP contribution in [0.25, 0.3) is 0 Å². The number of carbonyl (C=O) groups excluding carboxylic acids is 1. The number of carbonyl (C=O) groups is 1.